The number of ether oxygens (including phenoxy) is 1. The largest absolute Gasteiger partial charge is 0.469 e. The highest BCUT2D eigenvalue weighted by atomic mass is 16.7. The van der Waals surface area contributed by atoms with Crippen LogP contribution in [0.15, 0.2) is 48.5 Å². The molecule has 2 aliphatic heterocycles. The van der Waals surface area contributed by atoms with Crippen LogP contribution in [0.25, 0.3) is 16.7 Å². The molecule has 2 aromatic carbocycles. The Balaban J connectivity index is 1.38. The Labute approximate surface area is 209 Å². The van der Waals surface area contributed by atoms with E-state index in [-0.39, 0.29) is 18.2 Å². The number of methoxy groups -OCH3 is 1. The van der Waals surface area contributed by atoms with Crippen molar-refractivity contribution in [2.24, 2.45) is 5.92 Å². The average Bonchev–Trinajstić information content (AvgIpc) is 3.37. The molecule has 9 nitrogen and oxygen atoms in total. The van der Waals surface area contributed by atoms with E-state index in [1.165, 1.54) is 12.2 Å². The number of benzene rings is 2. The van der Waals surface area contributed by atoms with Crippen molar-refractivity contribution in [3.8, 4) is 5.69 Å². The second kappa shape index (κ2) is 9.39. The van der Waals surface area contributed by atoms with E-state index in [1.807, 2.05) is 62.4 Å². The van der Waals surface area contributed by atoms with Crippen molar-refractivity contribution in [1.82, 2.24) is 19.5 Å². The van der Waals surface area contributed by atoms with Crippen LogP contribution in [-0.2, 0) is 19.2 Å². The van der Waals surface area contributed by atoms with Gasteiger partial charge < -0.3 is 9.64 Å². The van der Waals surface area contributed by atoms with Gasteiger partial charge >= 0.3 is 5.97 Å². The van der Waals surface area contributed by atoms with E-state index in [4.69, 9.17) is 14.6 Å². The lowest BCUT2D eigenvalue weighted by Crippen LogP contribution is -2.58. The maximum atomic E-state index is 13.4. The fraction of sp³-hybridized carbons (Fsp3) is 0.407. The number of nitrogens with zero attached hydrogens (tertiary/aromatic N) is 4. The van der Waals surface area contributed by atoms with E-state index in [2.05, 4.69) is 4.57 Å². The molecular formula is C27H30N4O5. The number of hydrogen-bond acceptors (Lipinski definition) is 6. The van der Waals surface area contributed by atoms with Crippen molar-refractivity contribution in [2.75, 3.05) is 26.8 Å². The molecule has 36 heavy (non-hydrogen) atoms. The highest BCUT2D eigenvalue weighted by Crippen LogP contribution is 2.44. The molecule has 3 heterocycles. The fourth-order valence-electron chi connectivity index (χ4n) is 5.68. The molecule has 3 aromatic rings. The second-order valence-corrected chi connectivity index (χ2v) is 9.32. The van der Waals surface area contributed by atoms with Gasteiger partial charge in [0.15, 0.2) is 0 Å². The van der Waals surface area contributed by atoms with Crippen LogP contribution >= 0.6 is 0 Å². The third kappa shape index (κ3) is 3.83. The van der Waals surface area contributed by atoms with Gasteiger partial charge in [-0.1, -0.05) is 18.2 Å². The minimum atomic E-state index is -0.799. The van der Waals surface area contributed by atoms with Gasteiger partial charge in [-0.3, -0.25) is 23.8 Å². The highest BCUT2D eigenvalue weighted by Gasteiger charge is 2.58. The Hall–Kier alpha value is -3.72. The summed E-state index contributed by atoms with van der Waals surface area (Å²) in [5, 5.41) is 1.38. The van der Waals surface area contributed by atoms with Crippen molar-refractivity contribution in [2.45, 2.75) is 38.6 Å². The first kappa shape index (κ1) is 24.0. The maximum Gasteiger partial charge on any atom is 0.311 e. The lowest BCUT2D eigenvalue weighted by Gasteiger charge is -2.45. The Morgan fingerprint density at radius 1 is 1.11 bits per heavy atom. The van der Waals surface area contributed by atoms with Crippen molar-refractivity contribution in [3.63, 3.8) is 0 Å². The molecule has 0 aliphatic carbocycles. The summed E-state index contributed by atoms with van der Waals surface area (Å²) in [5.41, 5.74) is 2.47. The zero-order valence-corrected chi connectivity index (χ0v) is 20.8. The minimum Gasteiger partial charge on any atom is -0.469 e. The Bertz CT molecular complexity index is 1310. The number of carbonyl (C=O) groups is 3. The Morgan fingerprint density at radius 3 is 2.50 bits per heavy atom. The topological polar surface area (TPSA) is 94.0 Å². The Morgan fingerprint density at radius 2 is 1.83 bits per heavy atom. The molecule has 2 saturated heterocycles. The number of carbonyl (C=O) groups excluding carboxylic acids is 3. The summed E-state index contributed by atoms with van der Waals surface area (Å²) in [5.74, 6) is -0.501. The molecule has 0 bridgehead atoms. The van der Waals surface area contributed by atoms with Gasteiger partial charge in [0.25, 0.3) is 5.91 Å². The number of hydrogen-bond donors (Lipinski definition) is 0. The quantitative estimate of drug-likeness (QED) is 0.510. The molecule has 2 fully saturated rings. The van der Waals surface area contributed by atoms with Crippen molar-refractivity contribution in [1.29, 1.82) is 0 Å². The average molecular weight is 491 g/mol. The number of esters is 1. The zero-order valence-electron chi connectivity index (χ0n) is 20.8. The number of fused-ring (bicyclic) bond motifs is 1. The summed E-state index contributed by atoms with van der Waals surface area (Å²) in [6.07, 6.45) is 0.934. The van der Waals surface area contributed by atoms with Crippen LogP contribution in [0.2, 0.25) is 0 Å². The number of hydroxylamine groups is 2. The number of para-hydroxylation sites is 1. The summed E-state index contributed by atoms with van der Waals surface area (Å²) in [7, 11) is 1.33. The number of aromatic nitrogens is 2. The molecular weight excluding hydrogens is 460 g/mol. The Kier molecular flexibility index (Phi) is 6.26. The molecule has 9 heteroatoms. The smallest absolute Gasteiger partial charge is 0.311 e. The number of likely N-dealkylation sites (tertiary alicyclic amines) is 1. The lowest BCUT2D eigenvalue weighted by molar-refractivity contribution is -0.220. The third-order valence-corrected chi connectivity index (χ3v) is 7.40. The number of rotatable bonds is 5. The number of imidazole rings is 1. The lowest BCUT2D eigenvalue weighted by atomic mass is 9.77. The normalized spacial score (nSPS) is 19.3. The molecule has 1 unspecified atom stereocenters. The molecule has 2 aliphatic rings. The SMILES string of the molecule is CCON1C(=O)CC(C(=O)OC)C12CCN(C(=O)c1ccc3c(c1)nc(C)n3-c1ccccc1)CC2. The van der Waals surface area contributed by atoms with Gasteiger partial charge in [0.2, 0.25) is 5.91 Å². The number of piperidine rings is 1. The highest BCUT2D eigenvalue weighted by molar-refractivity contribution is 5.98. The van der Waals surface area contributed by atoms with Crippen molar-refractivity contribution in [3.05, 3.63) is 59.9 Å². The van der Waals surface area contributed by atoms with Gasteiger partial charge in [0.1, 0.15) is 5.82 Å². The first-order chi connectivity index (χ1) is 17.4. The van der Waals surface area contributed by atoms with E-state index in [1.54, 1.807) is 4.90 Å². The molecule has 1 aromatic heterocycles. The van der Waals surface area contributed by atoms with Gasteiger partial charge in [-0.05, 0) is 57.0 Å². The maximum absolute atomic E-state index is 13.4. The minimum absolute atomic E-state index is 0.0563. The molecule has 0 saturated carbocycles. The molecule has 1 atom stereocenters. The van der Waals surface area contributed by atoms with Crippen LogP contribution in [0.5, 0.6) is 0 Å². The summed E-state index contributed by atoms with van der Waals surface area (Å²) < 4.78 is 7.07. The van der Waals surface area contributed by atoms with Gasteiger partial charge in [0, 0.05) is 30.8 Å². The zero-order chi connectivity index (χ0) is 25.4. The number of aryl methyl sites for hydroxylation is 1. The van der Waals surface area contributed by atoms with E-state index >= 15 is 0 Å². The summed E-state index contributed by atoms with van der Waals surface area (Å²) in [4.78, 5) is 50.8. The van der Waals surface area contributed by atoms with Crippen LogP contribution in [0.3, 0.4) is 0 Å². The number of amides is 2. The van der Waals surface area contributed by atoms with Gasteiger partial charge in [-0.25, -0.2) is 10.0 Å². The van der Waals surface area contributed by atoms with E-state index in [9.17, 15) is 14.4 Å². The summed E-state index contributed by atoms with van der Waals surface area (Å²) in [6, 6.07) is 15.6. The van der Waals surface area contributed by atoms with Crippen LogP contribution in [0.4, 0.5) is 0 Å². The predicted molar refractivity (Wildman–Crippen MR) is 132 cm³/mol. The molecule has 1 spiro atoms. The molecule has 0 N–H and O–H groups in total. The predicted octanol–water partition coefficient (Wildman–Crippen LogP) is 3.28. The molecule has 2 amide bonds. The van der Waals surface area contributed by atoms with Gasteiger partial charge in [-0.15, -0.1) is 0 Å². The summed E-state index contributed by atoms with van der Waals surface area (Å²) in [6.45, 7) is 4.88. The first-order valence-corrected chi connectivity index (χ1v) is 12.3. The van der Waals surface area contributed by atoms with Crippen LogP contribution < -0.4 is 0 Å². The third-order valence-electron chi connectivity index (χ3n) is 7.40. The van der Waals surface area contributed by atoms with E-state index in [0.717, 1.165) is 22.5 Å². The van der Waals surface area contributed by atoms with E-state index < -0.39 is 17.4 Å². The van der Waals surface area contributed by atoms with Crippen molar-refractivity contribution < 1.29 is 24.0 Å². The monoisotopic (exact) mass is 490 g/mol. The van der Waals surface area contributed by atoms with Crippen LogP contribution in [0.1, 0.15) is 42.4 Å². The van der Waals surface area contributed by atoms with Crippen LogP contribution in [-0.4, -0.2) is 69.6 Å². The standard InChI is InChI=1S/C27H30N4O5/c1-4-36-31-24(32)17-21(26(34)35-3)27(31)12-14-29(15-13-27)25(33)19-10-11-23-22(16-19)28-18(2)30(23)20-8-6-5-7-9-20/h5-11,16,21H,4,12-15,17H2,1-3H3. The van der Waals surface area contributed by atoms with Crippen LogP contribution in [0, 0.1) is 12.8 Å². The van der Waals surface area contributed by atoms with Gasteiger partial charge in [0.05, 0.1) is 36.2 Å². The second-order valence-electron chi connectivity index (χ2n) is 9.32. The fourth-order valence-corrected chi connectivity index (χ4v) is 5.68. The van der Waals surface area contributed by atoms with Gasteiger partial charge in [-0.2, -0.15) is 0 Å². The van der Waals surface area contributed by atoms with E-state index in [0.29, 0.717) is 38.1 Å². The molecule has 188 valence electrons. The van der Waals surface area contributed by atoms with Crippen molar-refractivity contribution >= 4 is 28.8 Å². The first-order valence-electron chi connectivity index (χ1n) is 12.3. The molecule has 5 rings (SSSR count). The molecule has 0 radical (unpaired) electrons. The summed E-state index contributed by atoms with van der Waals surface area (Å²) >= 11 is 0.